The van der Waals surface area contributed by atoms with Crippen molar-refractivity contribution < 1.29 is 4.79 Å². The maximum absolute atomic E-state index is 10.5. The van der Waals surface area contributed by atoms with Gasteiger partial charge in [-0.25, -0.2) is 0 Å². The normalized spacial score (nSPS) is 21.8. The molecule has 0 bridgehead atoms. The van der Waals surface area contributed by atoms with E-state index in [4.69, 9.17) is 0 Å². The molecule has 3 nitrogen and oxygen atoms in total. The lowest BCUT2D eigenvalue weighted by atomic mass is 10.0. The molecule has 76 valence electrons. The zero-order valence-corrected chi connectivity index (χ0v) is 8.44. The van der Waals surface area contributed by atoms with E-state index in [1.165, 1.54) is 32.4 Å². The molecule has 1 unspecified atom stereocenters. The Balaban J connectivity index is 1.86. The molecule has 2 N–H and O–H groups in total. The number of rotatable bonds is 5. The highest BCUT2D eigenvalue weighted by molar-refractivity contribution is 5.72. The van der Waals surface area contributed by atoms with Crippen molar-refractivity contribution in [3.63, 3.8) is 0 Å². The first-order chi connectivity index (χ1) is 6.29. The predicted octanol–water partition coefficient (Wildman–Crippen LogP) is 0.902. The molecular weight excluding hydrogens is 164 g/mol. The van der Waals surface area contributed by atoms with E-state index >= 15 is 0 Å². The van der Waals surface area contributed by atoms with Crippen LogP contribution in [0, 0.1) is 5.92 Å². The molecule has 1 fully saturated rings. The smallest absolute Gasteiger partial charge is 0.216 e. The van der Waals surface area contributed by atoms with Gasteiger partial charge in [-0.05, 0) is 38.3 Å². The molecule has 3 heteroatoms. The Hall–Kier alpha value is -0.570. The second kappa shape index (κ2) is 5.97. The lowest BCUT2D eigenvalue weighted by Crippen LogP contribution is -2.20. The summed E-state index contributed by atoms with van der Waals surface area (Å²) in [5, 5.41) is 6.18. The third-order valence-electron chi connectivity index (χ3n) is 2.58. The molecule has 0 aromatic heterocycles. The van der Waals surface area contributed by atoms with Crippen LogP contribution in [0.4, 0.5) is 0 Å². The zero-order valence-electron chi connectivity index (χ0n) is 8.44. The average Bonchev–Trinajstić information content (AvgIpc) is 2.55. The highest BCUT2D eigenvalue weighted by Crippen LogP contribution is 2.14. The van der Waals surface area contributed by atoms with E-state index in [0.717, 1.165) is 18.9 Å². The zero-order chi connectivity index (χ0) is 9.52. The van der Waals surface area contributed by atoms with Crippen molar-refractivity contribution in [2.45, 2.75) is 32.6 Å². The second-order valence-corrected chi connectivity index (χ2v) is 3.84. The summed E-state index contributed by atoms with van der Waals surface area (Å²) in [6.07, 6.45) is 5.01. The van der Waals surface area contributed by atoms with Crippen LogP contribution in [0.15, 0.2) is 0 Å². The van der Waals surface area contributed by atoms with Crippen molar-refractivity contribution in [1.82, 2.24) is 10.6 Å². The molecule has 0 aromatic rings. The number of amides is 1. The molecule has 0 spiro atoms. The molecule has 1 atom stereocenters. The lowest BCUT2D eigenvalue weighted by molar-refractivity contribution is -0.118. The molecule has 0 aromatic carbocycles. The van der Waals surface area contributed by atoms with Gasteiger partial charge in [-0.2, -0.15) is 0 Å². The van der Waals surface area contributed by atoms with Gasteiger partial charge in [0, 0.05) is 13.5 Å². The molecule has 1 heterocycles. The fraction of sp³-hybridized carbons (Fsp3) is 0.900. The van der Waals surface area contributed by atoms with Crippen molar-refractivity contribution in [2.24, 2.45) is 5.92 Å². The van der Waals surface area contributed by atoms with Gasteiger partial charge in [0.25, 0.3) is 0 Å². The quantitative estimate of drug-likeness (QED) is 0.623. The van der Waals surface area contributed by atoms with Gasteiger partial charge in [-0.15, -0.1) is 0 Å². The van der Waals surface area contributed by atoms with Crippen molar-refractivity contribution in [3.8, 4) is 0 Å². The first-order valence-electron chi connectivity index (χ1n) is 5.24. The third-order valence-corrected chi connectivity index (χ3v) is 2.58. The molecule has 1 saturated heterocycles. The van der Waals surface area contributed by atoms with E-state index in [0.29, 0.717) is 0 Å². The fourth-order valence-electron chi connectivity index (χ4n) is 1.78. The molecule has 1 aliphatic rings. The van der Waals surface area contributed by atoms with Gasteiger partial charge < -0.3 is 10.6 Å². The monoisotopic (exact) mass is 184 g/mol. The van der Waals surface area contributed by atoms with E-state index in [-0.39, 0.29) is 5.91 Å². The van der Waals surface area contributed by atoms with Gasteiger partial charge in [0.05, 0.1) is 0 Å². The van der Waals surface area contributed by atoms with Gasteiger partial charge in [0.2, 0.25) is 5.91 Å². The number of unbranched alkanes of at least 4 members (excludes halogenated alkanes) is 1. The molecule has 1 aliphatic heterocycles. The van der Waals surface area contributed by atoms with Crippen LogP contribution in [0.1, 0.15) is 32.6 Å². The van der Waals surface area contributed by atoms with Crippen LogP contribution in [0.5, 0.6) is 0 Å². The average molecular weight is 184 g/mol. The minimum absolute atomic E-state index is 0.0857. The minimum atomic E-state index is 0.0857. The van der Waals surface area contributed by atoms with E-state index in [9.17, 15) is 4.79 Å². The highest BCUT2D eigenvalue weighted by atomic mass is 16.1. The summed E-state index contributed by atoms with van der Waals surface area (Å²) in [4.78, 5) is 10.5. The van der Waals surface area contributed by atoms with Crippen molar-refractivity contribution in [3.05, 3.63) is 0 Å². The van der Waals surface area contributed by atoms with Gasteiger partial charge >= 0.3 is 0 Å². The number of nitrogens with one attached hydrogen (secondary N) is 2. The van der Waals surface area contributed by atoms with Crippen LogP contribution < -0.4 is 10.6 Å². The number of carbonyl (C=O) groups is 1. The van der Waals surface area contributed by atoms with Crippen molar-refractivity contribution in [2.75, 3.05) is 19.6 Å². The summed E-state index contributed by atoms with van der Waals surface area (Å²) in [6, 6.07) is 0. The van der Waals surface area contributed by atoms with Crippen molar-refractivity contribution in [1.29, 1.82) is 0 Å². The summed E-state index contributed by atoms with van der Waals surface area (Å²) < 4.78 is 0. The Morgan fingerprint density at radius 3 is 3.00 bits per heavy atom. The maximum Gasteiger partial charge on any atom is 0.216 e. The Morgan fingerprint density at radius 2 is 2.38 bits per heavy atom. The van der Waals surface area contributed by atoms with Gasteiger partial charge in [-0.1, -0.05) is 6.42 Å². The van der Waals surface area contributed by atoms with Crippen LogP contribution in [0.25, 0.3) is 0 Å². The van der Waals surface area contributed by atoms with Crippen LogP contribution in [0.3, 0.4) is 0 Å². The standard InChI is InChI=1S/C10H20N2O/c1-9(13)12-6-3-2-4-10-5-7-11-8-10/h10-11H,2-8H2,1H3,(H,12,13). The molecular formula is C10H20N2O. The molecule has 0 aliphatic carbocycles. The second-order valence-electron chi connectivity index (χ2n) is 3.84. The largest absolute Gasteiger partial charge is 0.356 e. The Bertz CT molecular complexity index is 153. The first kappa shape index (κ1) is 10.5. The number of hydrogen-bond donors (Lipinski definition) is 2. The molecule has 1 amide bonds. The summed E-state index contributed by atoms with van der Waals surface area (Å²) >= 11 is 0. The minimum Gasteiger partial charge on any atom is -0.356 e. The van der Waals surface area contributed by atoms with Crippen LogP contribution in [0.2, 0.25) is 0 Å². The van der Waals surface area contributed by atoms with E-state index in [2.05, 4.69) is 10.6 Å². The van der Waals surface area contributed by atoms with Gasteiger partial charge in [0.15, 0.2) is 0 Å². The SMILES string of the molecule is CC(=O)NCCCCC1CCNC1. The fourth-order valence-corrected chi connectivity index (χ4v) is 1.78. The topological polar surface area (TPSA) is 41.1 Å². The predicted molar refractivity (Wildman–Crippen MR) is 53.5 cm³/mol. The number of hydrogen-bond acceptors (Lipinski definition) is 2. The Morgan fingerprint density at radius 1 is 1.54 bits per heavy atom. The summed E-state index contributed by atoms with van der Waals surface area (Å²) in [6.45, 7) is 4.80. The molecule has 13 heavy (non-hydrogen) atoms. The van der Waals surface area contributed by atoms with E-state index in [1.807, 2.05) is 0 Å². The number of carbonyl (C=O) groups excluding carboxylic acids is 1. The first-order valence-corrected chi connectivity index (χ1v) is 5.24. The molecule has 1 rings (SSSR count). The lowest BCUT2D eigenvalue weighted by Gasteiger charge is -2.07. The van der Waals surface area contributed by atoms with E-state index < -0.39 is 0 Å². The summed E-state index contributed by atoms with van der Waals surface area (Å²) in [5.74, 6) is 0.972. The van der Waals surface area contributed by atoms with Crippen LogP contribution in [-0.4, -0.2) is 25.5 Å². The Labute approximate surface area is 80.3 Å². The third kappa shape index (κ3) is 4.88. The Kier molecular flexibility index (Phi) is 4.83. The summed E-state index contributed by atoms with van der Waals surface area (Å²) in [5.41, 5.74) is 0. The van der Waals surface area contributed by atoms with E-state index in [1.54, 1.807) is 6.92 Å². The maximum atomic E-state index is 10.5. The summed E-state index contributed by atoms with van der Waals surface area (Å²) in [7, 11) is 0. The van der Waals surface area contributed by atoms with Crippen LogP contribution >= 0.6 is 0 Å². The molecule has 0 radical (unpaired) electrons. The highest BCUT2D eigenvalue weighted by Gasteiger charge is 2.12. The van der Waals surface area contributed by atoms with Gasteiger partial charge in [0.1, 0.15) is 0 Å². The van der Waals surface area contributed by atoms with Crippen LogP contribution in [-0.2, 0) is 4.79 Å². The molecule has 0 saturated carbocycles. The van der Waals surface area contributed by atoms with Crippen molar-refractivity contribution >= 4 is 5.91 Å². The van der Waals surface area contributed by atoms with Gasteiger partial charge in [-0.3, -0.25) is 4.79 Å².